The maximum Gasteiger partial charge on any atom is 0.356 e. The molecule has 2 amide bonds. The first-order valence-corrected chi connectivity index (χ1v) is 9.40. The van der Waals surface area contributed by atoms with E-state index in [0.717, 1.165) is 16.2 Å². The zero-order valence-electron chi connectivity index (χ0n) is 14.2. The van der Waals surface area contributed by atoms with Gasteiger partial charge in [-0.25, -0.2) is 9.78 Å². The molecule has 3 heterocycles. The Bertz CT molecular complexity index is 866. The van der Waals surface area contributed by atoms with Crippen molar-refractivity contribution in [3.63, 3.8) is 0 Å². The van der Waals surface area contributed by atoms with Crippen LogP contribution in [0.5, 0.6) is 0 Å². The topological polar surface area (TPSA) is 156 Å². The predicted octanol–water partition coefficient (Wildman–Crippen LogP) is -0.582. The van der Waals surface area contributed by atoms with E-state index in [2.05, 4.69) is 20.3 Å². The Kier molecular flexibility index (Phi) is 5.23. The van der Waals surface area contributed by atoms with E-state index in [1.54, 1.807) is 0 Å². The molecule has 0 saturated carbocycles. The number of aromatic nitrogens is 1. The summed E-state index contributed by atoms with van der Waals surface area (Å²) in [5.41, 5.74) is 5.44. The van der Waals surface area contributed by atoms with Crippen LogP contribution in [0, 0.1) is 0 Å². The first-order valence-electron chi connectivity index (χ1n) is 7.47. The van der Waals surface area contributed by atoms with Crippen LogP contribution in [-0.2, 0) is 24.0 Å². The number of fused-ring (bicyclic) bond motifs is 1. The summed E-state index contributed by atoms with van der Waals surface area (Å²) in [5.74, 6) is -2.04. The van der Waals surface area contributed by atoms with E-state index in [4.69, 9.17) is 10.5 Å². The van der Waals surface area contributed by atoms with Gasteiger partial charge in [-0.1, -0.05) is 5.16 Å². The second-order valence-electron chi connectivity index (χ2n) is 5.34. The third kappa shape index (κ3) is 3.30. The van der Waals surface area contributed by atoms with Crippen LogP contribution in [0.4, 0.5) is 5.13 Å². The van der Waals surface area contributed by atoms with E-state index in [1.807, 2.05) is 0 Å². The fourth-order valence-corrected chi connectivity index (χ4v) is 4.51. The number of rotatable bonds is 6. The first-order chi connectivity index (χ1) is 12.9. The number of carbonyl (C=O) groups is 3. The summed E-state index contributed by atoms with van der Waals surface area (Å²) >= 11 is 2.41. The first kappa shape index (κ1) is 19.0. The molecule has 0 spiro atoms. The molecule has 1 aromatic heterocycles. The van der Waals surface area contributed by atoms with Crippen LogP contribution >= 0.6 is 23.1 Å². The Labute approximate surface area is 161 Å². The number of carbonyl (C=O) groups excluding carboxylic acids is 2. The molecule has 2 aliphatic heterocycles. The van der Waals surface area contributed by atoms with Crippen LogP contribution in [0.2, 0.25) is 0 Å². The van der Waals surface area contributed by atoms with Gasteiger partial charge < -0.3 is 25.7 Å². The maximum absolute atomic E-state index is 12.6. The fourth-order valence-electron chi connectivity index (χ4n) is 2.65. The van der Waals surface area contributed by atoms with Gasteiger partial charge in [-0.3, -0.25) is 14.5 Å². The van der Waals surface area contributed by atoms with Crippen molar-refractivity contribution in [1.29, 1.82) is 0 Å². The highest BCUT2D eigenvalue weighted by Crippen LogP contribution is 2.40. The molecule has 4 N–H and O–H groups in total. The number of amides is 2. The molecule has 1 saturated heterocycles. The monoisotopic (exact) mass is 413 g/mol. The van der Waals surface area contributed by atoms with E-state index >= 15 is 0 Å². The average Bonchev–Trinajstić information content (AvgIpc) is 3.08. The van der Waals surface area contributed by atoms with E-state index in [-0.39, 0.29) is 33.7 Å². The molecule has 144 valence electrons. The lowest BCUT2D eigenvalue weighted by atomic mass is 10.0. The molecule has 1 unspecified atom stereocenters. The maximum atomic E-state index is 12.6. The smallest absolute Gasteiger partial charge is 0.356 e. The number of carboxylic acids is 1. The molecule has 0 radical (unpaired) electrons. The van der Waals surface area contributed by atoms with Crippen molar-refractivity contribution in [2.75, 3.05) is 25.7 Å². The number of nitrogen functional groups attached to an aromatic ring is 1. The number of anilines is 1. The summed E-state index contributed by atoms with van der Waals surface area (Å²) in [5, 5.41) is 16.8. The van der Waals surface area contributed by atoms with Crippen molar-refractivity contribution in [1.82, 2.24) is 15.2 Å². The minimum atomic E-state index is -1.27. The SMILES string of the molecule is CON=C(C(=O)NC1C(=O)N2C(C(=O)O)=C(OC)CS[C@@H]12)c1csc(N)n1. The van der Waals surface area contributed by atoms with E-state index in [1.165, 1.54) is 31.4 Å². The van der Waals surface area contributed by atoms with Gasteiger partial charge in [0.25, 0.3) is 11.8 Å². The van der Waals surface area contributed by atoms with E-state index in [9.17, 15) is 19.5 Å². The van der Waals surface area contributed by atoms with Crippen molar-refractivity contribution in [3.05, 3.63) is 22.5 Å². The van der Waals surface area contributed by atoms with Crippen molar-refractivity contribution < 1.29 is 29.1 Å². The Morgan fingerprint density at radius 1 is 1.48 bits per heavy atom. The van der Waals surface area contributed by atoms with Crippen LogP contribution in [0.15, 0.2) is 22.0 Å². The molecule has 3 rings (SSSR count). The Hall–Kier alpha value is -2.80. The number of nitrogens with two attached hydrogens (primary N) is 1. The molecule has 2 atom stereocenters. The quantitative estimate of drug-likeness (QED) is 0.315. The summed E-state index contributed by atoms with van der Waals surface area (Å²) in [6.45, 7) is 0. The lowest BCUT2D eigenvalue weighted by Crippen LogP contribution is -2.71. The van der Waals surface area contributed by atoms with Gasteiger partial charge in [0, 0.05) is 5.38 Å². The summed E-state index contributed by atoms with van der Waals surface area (Å²) in [6.07, 6.45) is 0. The number of ether oxygens (including phenoxy) is 1. The number of β-lactam (4-membered cyclic amide) rings is 1. The second kappa shape index (κ2) is 7.44. The van der Waals surface area contributed by atoms with Gasteiger partial charge in [-0.15, -0.1) is 23.1 Å². The van der Waals surface area contributed by atoms with Gasteiger partial charge in [0.2, 0.25) is 0 Å². The summed E-state index contributed by atoms with van der Waals surface area (Å²) < 4.78 is 5.05. The third-order valence-electron chi connectivity index (χ3n) is 3.83. The minimum Gasteiger partial charge on any atom is -0.498 e. The number of carboxylic acid groups (broad SMARTS) is 1. The number of oxime groups is 1. The zero-order chi connectivity index (χ0) is 19.7. The molecule has 11 nitrogen and oxygen atoms in total. The van der Waals surface area contributed by atoms with E-state index < -0.39 is 29.2 Å². The number of nitrogens with zero attached hydrogens (tertiary/aromatic N) is 3. The Morgan fingerprint density at radius 3 is 2.78 bits per heavy atom. The van der Waals surface area contributed by atoms with Crippen LogP contribution < -0.4 is 11.1 Å². The third-order valence-corrected chi connectivity index (χ3v) is 5.76. The molecule has 1 aromatic rings. The van der Waals surface area contributed by atoms with Crippen molar-refractivity contribution in [2.24, 2.45) is 5.16 Å². The molecular formula is C14H15N5O6S2. The normalized spacial score (nSPS) is 22.1. The van der Waals surface area contributed by atoms with Gasteiger partial charge in [-0.2, -0.15) is 0 Å². The number of aliphatic carboxylic acids is 1. The predicted molar refractivity (Wildman–Crippen MR) is 96.8 cm³/mol. The molecular weight excluding hydrogens is 398 g/mol. The number of hydrogen-bond acceptors (Lipinski definition) is 10. The number of thiazole rings is 1. The lowest BCUT2D eigenvalue weighted by Gasteiger charge is -2.48. The van der Waals surface area contributed by atoms with Crippen molar-refractivity contribution >= 4 is 51.7 Å². The Morgan fingerprint density at radius 2 is 2.22 bits per heavy atom. The summed E-state index contributed by atoms with van der Waals surface area (Å²) in [7, 11) is 2.61. The van der Waals surface area contributed by atoms with Gasteiger partial charge in [-0.05, 0) is 0 Å². The number of nitrogens with one attached hydrogen (secondary N) is 1. The van der Waals surface area contributed by atoms with Gasteiger partial charge >= 0.3 is 5.97 Å². The molecule has 2 aliphatic rings. The molecule has 0 aromatic carbocycles. The number of methoxy groups -OCH3 is 1. The summed E-state index contributed by atoms with van der Waals surface area (Å²) in [4.78, 5) is 46.3. The minimum absolute atomic E-state index is 0.135. The van der Waals surface area contributed by atoms with Crippen LogP contribution in [0.25, 0.3) is 0 Å². The lowest BCUT2D eigenvalue weighted by molar-refractivity contribution is -0.150. The Balaban J connectivity index is 1.79. The standard InChI is InChI=1S/C14H15N5O6S2/c1-24-6-4-26-12-8(11(21)19(12)9(6)13(22)23)17-10(20)7(18-25-2)5-3-27-14(15)16-5/h3,8,12H,4H2,1-2H3,(H2,15,16)(H,17,20)(H,22,23)/t8?,12-/m0/s1. The van der Waals surface area contributed by atoms with E-state index in [0.29, 0.717) is 0 Å². The van der Waals surface area contributed by atoms with Crippen molar-refractivity contribution in [3.8, 4) is 0 Å². The number of hydrogen-bond donors (Lipinski definition) is 3. The van der Waals surface area contributed by atoms with Crippen molar-refractivity contribution in [2.45, 2.75) is 11.4 Å². The van der Waals surface area contributed by atoms with Gasteiger partial charge in [0.15, 0.2) is 16.5 Å². The van der Waals surface area contributed by atoms with Crippen LogP contribution in [-0.4, -0.2) is 69.9 Å². The van der Waals surface area contributed by atoms with Gasteiger partial charge in [0.05, 0.1) is 12.9 Å². The molecule has 1 fully saturated rings. The molecule has 0 bridgehead atoms. The largest absolute Gasteiger partial charge is 0.498 e. The van der Waals surface area contributed by atoms with Crippen LogP contribution in [0.3, 0.4) is 0 Å². The summed E-state index contributed by atoms with van der Waals surface area (Å²) in [6, 6.07) is -0.909. The van der Waals surface area contributed by atoms with Gasteiger partial charge in [0.1, 0.15) is 30.0 Å². The molecule has 0 aliphatic carbocycles. The highest BCUT2D eigenvalue weighted by atomic mass is 32.2. The second-order valence-corrected chi connectivity index (χ2v) is 7.33. The van der Waals surface area contributed by atoms with Crippen LogP contribution in [0.1, 0.15) is 5.69 Å². The highest BCUT2D eigenvalue weighted by molar-refractivity contribution is 8.00. The fraction of sp³-hybridized carbons (Fsp3) is 0.357. The zero-order valence-corrected chi connectivity index (χ0v) is 15.8. The average molecular weight is 413 g/mol. The molecule has 27 heavy (non-hydrogen) atoms. The molecule has 13 heteroatoms. The number of thioether (sulfide) groups is 1. The highest BCUT2D eigenvalue weighted by Gasteiger charge is 2.55.